The molecule has 0 unspecified atom stereocenters. The summed E-state index contributed by atoms with van der Waals surface area (Å²) in [5.41, 5.74) is 0.809. The van der Waals surface area contributed by atoms with Gasteiger partial charge in [0.25, 0.3) is 0 Å². The Morgan fingerprint density at radius 2 is 1.22 bits per heavy atom. The van der Waals surface area contributed by atoms with E-state index in [0.717, 1.165) is 5.66 Å². The van der Waals surface area contributed by atoms with E-state index in [1.807, 2.05) is 0 Å². The summed E-state index contributed by atoms with van der Waals surface area (Å²) in [5, 5.41) is 0. The molecule has 1 rings (SSSR count). The summed E-state index contributed by atoms with van der Waals surface area (Å²) in [6, 6.07) is 0. The normalized spacial score (nSPS) is 15.1. The second-order valence-corrected chi connectivity index (χ2v) is 8.09. The monoisotopic (exact) mass is 266 g/mol. The van der Waals surface area contributed by atoms with Crippen molar-refractivity contribution >= 4 is 7.92 Å². The molecule has 0 amide bonds. The van der Waals surface area contributed by atoms with E-state index in [1.54, 1.807) is 0 Å². The Morgan fingerprint density at radius 1 is 0.722 bits per heavy atom. The Morgan fingerprint density at radius 3 is 1.67 bits per heavy atom. The molecule has 104 valence electrons. The molecular weight excluding hydrogens is 235 g/mol. The highest BCUT2D eigenvalue weighted by Gasteiger charge is 2.16. The Bertz CT molecular complexity index is 218. The Hall–Kier alpha value is -0.0900. The molecular formula is C17H31P. The van der Waals surface area contributed by atoms with Crippen molar-refractivity contribution in [1.29, 1.82) is 0 Å². The lowest BCUT2D eigenvalue weighted by Crippen LogP contribution is -2.03. The molecule has 0 N–H and O–H groups in total. The molecule has 0 nitrogen and oxygen atoms in total. The molecule has 1 aliphatic carbocycles. The lowest BCUT2D eigenvalue weighted by molar-refractivity contribution is 0.695. The van der Waals surface area contributed by atoms with Crippen molar-refractivity contribution in [2.45, 2.75) is 70.9 Å². The molecule has 0 heterocycles. The maximum Gasteiger partial charge on any atom is 0.0156 e. The molecule has 1 aliphatic rings. The van der Waals surface area contributed by atoms with Crippen molar-refractivity contribution in [3.05, 3.63) is 24.3 Å². The third kappa shape index (κ3) is 6.74. The van der Waals surface area contributed by atoms with Crippen molar-refractivity contribution in [2.24, 2.45) is 0 Å². The van der Waals surface area contributed by atoms with Crippen LogP contribution in [0.25, 0.3) is 0 Å². The second-order valence-electron chi connectivity index (χ2n) is 5.42. The van der Waals surface area contributed by atoms with Crippen molar-refractivity contribution in [1.82, 2.24) is 0 Å². The first-order valence-electron chi connectivity index (χ1n) is 7.97. The first-order valence-corrected chi connectivity index (χ1v) is 9.75. The fourth-order valence-electron chi connectivity index (χ4n) is 2.56. The summed E-state index contributed by atoms with van der Waals surface area (Å²) >= 11 is 0. The highest BCUT2D eigenvalue weighted by Crippen LogP contribution is 2.46. The zero-order chi connectivity index (χ0) is 13.1. The highest BCUT2D eigenvalue weighted by molar-refractivity contribution is 7.58. The summed E-state index contributed by atoms with van der Waals surface area (Å²) in [6.45, 7) is 4.60. The van der Waals surface area contributed by atoms with Gasteiger partial charge in [0.15, 0.2) is 0 Å². The fourth-order valence-corrected chi connectivity index (χ4v) is 5.32. The smallest absolute Gasteiger partial charge is 0.0156 e. The van der Waals surface area contributed by atoms with E-state index in [2.05, 4.69) is 38.2 Å². The molecule has 1 heteroatoms. The van der Waals surface area contributed by atoms with Gasteiger partial charge in [0.1, 0.15) is 0 Å². The van der Waals surface area contributed by atoms with Crippen molar-refractivity contribution in [3.63, 3.8) is 0 Å². The molecule has 0 aromatic carbocycles. The SMILES string of the molecule is CCCCCCP(CCCCCC)C1C=CC=C1. The third-order valence-corrected chi connectivity index (χ3v) is 6.72. The standard InChI is InChI=1S/C17H31P/c1-3-5-7-11-15-18(16-12-8-6-4-2)17-13-9-10-14-17/h9-10,13-14,17H,3-8,11-12,15-16H2,1-2H3. The van der Waals surface area contributed by atoms with Gasteiger partial charge in [0, 0.05) is 5.66 Å². The van der Waals surface area contributed by atoms with Gasteiger partial charge in [-0.1, -0.05) is 84.6 Å². The summed E-state index contributed by atoms with van der Waals surface area (Å²) in [4.78, 5) is 0. The van der Waals surface area contributed by atoms with Crippen LogP contribution in [0, 0.1) is 0 Å². The maximum atomic E-state index is 2.44. The molecule has 0 saturated heterocycles. The van der Waals surface area contributed by atoms with E-state index in [4.69, 9.17) is 0 Å². The Labute approximate surface area is 116 Å². The average Bonchev–Trinajstić information content (AvgIpc) is 2.91. The third-order valence-electron chi connectivity index (χ3n) is 3.75. The number of allylic oxidation sites excluding steroid dienone is 4. The molecule has 0 aliphatic heterocycles. The van der Waals surface area contributed by atoms with Gasteiger partial charge in [0.2, 0.25) is 0 Å². The minimum absolute atomic E-state index is 0.231. The van der Waals surface area contributed by atoms with Crippen molar-refractivity contribution in [3.8, 4) is 0 Å². The van der Waals surface area contributed by atoms with Crippen molar-refractivity contribution in [2.75, 3.05) is 12.3 Å². The maximum absolute atomic E-state index is 2.44. The van der Waals surface area contributed by atoms with E-state index < -0.39 is 0 Å². The van der Waals surface area contributed by atoms with Crippen LogP contribution < -0.4 is 0 Å². The van der Waals surface area contributed by atoms with E-state index in [1.165, 1.54) is 63.7 Å². The van der Waals surface area contributed by atoms with Crippen LogP contribution in [-0.4, -0.2) is 18.0 Å². The second kappa shape index (κ2) is 10.8. The largest absolute Gasteiger partial charge is 0.0957 e. The van der Waals surface area contributed by atoms with E-state index in [0.29, 0.717) is 0 Å². The minimum Gasteiger partial charge on any atom is -0.0957 e. The Kier molecular flexibility index (Phi) is 9.58. The zero-order valence-corrected chi connectivity index (χ0v) is 13.3. The molecule has 0 fully saturated rings. The summed E-state index contributed by atoms with van der Waals surface area (Å²) in [7, 11) is 0.231. The topological polar surface area (TPSA) is 0 Å². The summed E-state index contributed by atoms with van der Waals surface area (Å²) in [6.07, 6.45) is 23.8. The highest BCUT2D eigenvalue weighted by atomic mass is 31.1. The predicted octanol–water partition coefficient (Wildman–Crippen LogP) is 6.12. The molecule has 0 aromatic rings. The molecule has 0 spiro atoms. The van der Waals surface area contributed by atoms with Crippen LogP contribution in [0.3, 0.4) is 0 Å². The molecule has 0 atom stereocenters. The molecule has 0 aromatic heterocycles. The first kappa shape index (κ1) is 16.0. The molecule has 0 bridgehead atoms. The predicted molar refractivity (Wildman–Crippen MR) is 87.0 cm³/mol. The number of hydrogen-bond donors (Lipinski definition) is 0. The van der Waals surface area contributed by atoms with Crippen LogP contribution in [0.2, 0.25) is 0 Å². The van der Waals surface area contributed by atoms with Crippen LogP contribution in [0.1, 0.15) is 65.2 Å². The minimum atomic E-state index is 0.231. The van der Waals surface area contributed by atoms with Crippen LogP contribution >= 0.6 is 7.92 Å². The van der Waals surface area contributed by atoms with Gasteiger partial charge in [-0.05, 0) is 25.2 Å². The van der Waals surface area contributed by atoms with Crippen LogP contribution in [0.5, 0.6) is 0 Å². The fraction of sp³-hybridized carbons (Fsp3) is 0.765. The Balaban J connectivity index is 2.23. The van der Waals surface area contributed by atoms with Gasteiger partial charge < -0.3 is 0 Å². The van der Waals surface area contributed by atoms with Crippen LogP contribution in [0.4, 0.5) is 0 Å². The summed E-state index contributed by atoms with van der Waals surface area (Å²) in [5.74, 6) is 0. The zero-order valence-electron chi connectivity index (χ0n) is 12.4. The number of unbranched alkanes of at least 4 members (excludes halogenated alkanes) is 6. The lowest BCUT2D eigenvalue weighted by atomic mass is 10.2. The number of hydrogen-bond acceptors (Lipinski definition) is 0. The van der Waals surface area contributed by atoms with Crippen LogP contribution in [-0.2, 0) is 0 Å². The quantitative estimate of drug-likeness (QED) is 0.312. The van der Waals surface area contributed by atoms with Gasteiger partial charge in [-0.15, -0.1) is 0 Å². The van der Waals surface area contributed by atoms with Crippen LogP contribution in [0.15, 0.2) is 24.3 Å². The lowest BCUT2D eigenvalue weighted by Gasteiger charge is -2.22. The summed E-state index contributed by atoms with van der Waals surface area (Å²) < 4.78 is 0. The van der Waals surface area contributed by atoms with Gasteiger partial charge >= 0.3 is 0 Å². The van der Waals surface area contributed by atoms with Gasteiger partial charge in [0.05, 0.1) is 0 Å². The molecule has 18 heavy (non-hydrogen) atoms. The van der Waals surface area contributed by atoms with Gasteiger partial charge in [-0.25, -0.2) is 0 Å². The van der Waals surface area contributed by atoms with E-state index in [-0.39, 0.29) is 7.92 Å². The molecule has 0 radical (unpaired) electrons. The first-order chi connectivity index (χ1) is 8.88. The van der Waals surface area contributed by atoms with E-state index >= 15 is 0 Å². The van der Waals surface area contributed by atoms with Crippen molar-refractivity contribution < 1.29 is 0 Å². The van der Waals surface area contributed by atoms with E-state index in [9.17, 15) is 0 Å². The number of rotatable bonds is 11. The van der Waals surface area contributed by atoms with Gasteiger partial charge in [-0.2, -0.15) is 0 Å². The molecule has 0 saturated carbocycles. The van der Waals surface area contributed by atoms with Gasteiger partial charge in [-0.3, -0.25) is 0 Å². The average molecular weight is 266 g/mol.